The van der Waals surface area contributed by atoms with Crippen molar-refractivity contribution in [3.63, 3.8) is 0 Å². The molecular weight excluding hydrogens is 317 g/mol. The fourth-order valence-corrected chi connectivity index (χ4v) is 3.13. The molecule has 0 fully saturated rings. The molecule has 4 heteroatoms. The summed E-state index contributed by atoms with van der Waals surface area (Å²) < 4.78 is 5.81. The van der Waals surface area contributed by atoms with Crippen molar-refractivity contribution in [1.29, 1.82) is 0 Å². The standard InChI is InChI=1S/C18H21Cl2NO/c1-18(2,3)17(21-4)12-10-14(19)16(15(20)11-12)22-13-8-6-5-7-9-13/h5-11,17,21H,1-4H3. The first-order valence-electron chi connectivity index (χ1n) is 7.22. The first-order valence-corrected chi connectivity index (χ1v) is 7.97. The Bertz CT molecular complexity index is 612. The molecule has 0 saturated heterocycles. The zero-order valence-electron chi connectivity index (χ0n) is 13.3. The van der Waals surface area contributed by atoms with Crippen LogP contribution >= 0.6 is 23.2 Å². The molecular formula is C18H21Cl2NO. The summed E-state index contributed by atoms with van der Waals surface area (Å²) in [6.07, 6.45) is 0. The third-order valence-electron chi connectivity index (χ3n) is 3.47. The summed E-state index contributed by atoms with van der Waals surface area (Å²) >= 11 is 12.8. The van der Waals surface area contributed by atoms with E-state index in [1.807, 2.05) is 49.5 Å². The van der Waals surface area contributed by atoms with Gasteiger partial charge in [-0.1, -0.05) is 62.2 Å². The van der Waals surface area contributed by atoms with Gasteiger partial charge in [0, 0.05) is 6.04 Å². The van der Waals surface area contributed by atoms with Crippen LogP contribution in [0.25, 0.3) is 0 Å². The summed E-state index contributed by atoms with van der Waals surface area (Å²) in [6, 6.07) is 13.5. The smallest absolute Gasteiger partial charge is 0.164 e. The summed E-state index contributed by atoms with van der Waals surface area (Å²) in [7, 11) is 1.94. The van der Waals surface area contributed by atoms with Gasteiger partial charge in [-0.2, -0.15) is 0 Å². The molecule has 0 aliphatic carbocycles. The Morgan fingerprint density at radius 1 is 1.00 bits per heavy atom. The van der Waals surface area contributed by atoms with Crippen LogP contribution in [0.15, 0.2) is 42.5 Å². The summed E-state index contributed by atoms with van der Waals surface area (Å²) in [5.41, 5.74) is 1.09. The van der Waals surface area contributed by atoms with Crippen molar-refractivity contribution in [2.45, 2.75) is 26.8 Å². The first kappa shape index (κ1) is 17.1. The van der Waals surface area contributed by atoms with E-state index in [2.05, 4.69) is 26.1 Å². The molecule has 2 aromatic carbocycles. The Kier molecular flexibility index (Phi) is 5.38. The maximum absolute atomic E-state index is 6.40. The predicted molar refractivity (Wildman–Crippen MR) is 94.2 cm³/mol. The molecule has 0 aliphatic rings. The quantitative estimate of drug-likeness (QED) is 0.728. The summed E-state index contributed by atoms with van der Waals surface area (Å²) in [5.74, 6) is 1.20. The Hall–Kier alpha value is -1.22. The van der Waals surface area contributed by atoms with Gasteiger partial charge in [-0.25, -0.2) is 0 Å². The summed E-state index contributed by atoms with van der Waals surface area (Å²) in [6.45, 7) is 6.51. The first-order chi connectivity index (χ1) is 10.3. The molecule has 1 N–H and O–H groups in total. The summed E-state index contributed by atoms with van der Waals surface area (Å²) in [5, 5.41) is 4.34. The van der Waals surface area contributed by atoms with Gasteiger partial charge in [0.2, 0.25) is 0 Å². The Labute approximate surface area is 142 Å². The zero-order chi connectivity index (χ0) is 16.3. The van der Waals surface area contributed by atoms with E-state index in [1.54, 1.807) is 0 Å². The fraction of sp³-hybridized carbons (Fsp3) is 0.333. The minimum atomic E-state index is 0.0449. The van der Waals surface area contributed by atoms with E-state index in [-0.39, 0.29) is 11.5 Å². The van der Waals surface area contributed by atoms with Gasteiger partial charge in [0.15, 0.2) is 5.75 Å². The predicted octanol–water partition coefficient (Wildman–Crippen LogP) is 6.09. The van der Waals surface area contributed by atoms with Crippen molar-refractivity contribution in [2.75, 3.05) is 7.05 Å². The third-order valence-corrected chi connectivity index (χ3v) is 4.03. The number of hydrogen-bond acceptors (Lipinski definition) is 2. The van der Waals surface area contributed by atoms with Gasteiger partial charge in [-0.3, -0.25) is 0 Å². The molecule has 1 unspecified atom stereocenters. The molecule has 0 aromatic heterocycles. The lowest BCUT2D eigenvalue weighted by Crippen LogP contribution is -2.29. The molecule has 0 heterocycles. The topological polar surface area (TPSA) is 21.3 Å². The molecule has 0 amide bonds. The van der Waals surface area contributed by atoms with Crippen LogP contribution in [-0.4, -0.2) is 7.05 Å². The van der Waals surface area contributed by atoms with Crippen LogP contribution in [0.5, 0.6) is 11.5 Å². The van der Waals surface area contributed by atoms with Gasteiger partial charge < -0.3 is 10.1 Å². The van der Waals surface area contributed by atoms with E-state index >= 15 is 0 Å². The molecule has 1 atom stereocenters. The monoisotopic (exact) mass is 337 g/mol. The third kappa shape index (κ3) is 3.95. The Morgan fingerprint density at radius 3 is 2.00 bits per heavy atom. The number of rotatable bonds is 4. The minimum absolute atomic E-state index is 0.0449. The average molecular weight is 338 g/mol. The van der Waals surface area contributed by atoms with Gasteiger partial charge in [0.1, 0.15) is 5.75 Å². The van der Waals surface area contributed by atoms with E-state index < -0.39 is 0 Å². The number of nitrogens with one attached hydrogen (secondary N) is 1. The van der Waals surface area contributed by atoms with Gasteiger partial charge in [0.05, 0.1) is 10.0 Å². The average Bonchev–Trinajstić information content (AvgIpc) is 2.43. The highest BCUT2D eigenvalue weighted by atomic mass is 35.5. The van der Waals surface area contributed by atoms with E-state index in [0.29, 0.717) is 21.5 Å². The van der Waals surface area contributed by atoms with Gasteiger partial charge in [-0.05, 0) is 42.3 Å². The molecule has 2 nitrogen and oxygen atoms in total. The van der Waals surface area contributed by atoms with Crippen LogP contribution in [-0.2, 0) is 0 Å². The molecule has 118 valence electrons. The zero-order valence-corrected chi connectivity index (χ0v) is 14.8. The second-order valence-electron chi connectivity index (χ2n) is 6.32. The van der Waals surface area contributed by atoms with E-state index in [1.165, 1.54) is 0 Å². The molecule has 0 spiro atoms. The largest absolute Gasteiger partial charge is 0.454 e. The fourth-order valence-electron chi connectivity index (χ4n) is 2.55. The van der Waals surface area contributed by atoms with Crippen molar-refractivity contribution in [2.24, 2.45) is 5.41 Å². The summed E-state index contributed by atoms with van der Waals surface area (Å²) in [4.78, 5) is 0. The van der Waals surface area contributed by atoms with Crippen molar-refractivity contribution in [3.8, 4) is 11.5 Å². The van der Waals surface area contributed by atoms with Crippen molar-refractivity contribution < 1.29 is 4.74 Å². The number of hydrogen-bond donors (Lipinski definition) is 1. The number of ether oxygens (including phenoxy) is 1. The number of halogens is 2. The highest BCUT2D eigenvalue weighted by molar-refractivity contribution is 6.37. The lowest BCUT2D eigenvalue weighted by atomic mass is 9.82. The van der Waals surface area contributed by atoms with E-state index in [0.717, 1.165) is 5.56 Å². The second-order valence-corrected chi connectivity index (χ2v) is 7.13. The normalized spacial score (nSPS) is 13.0. The molecule has 22 heavy (non-hydrogen) atoms. The Balaban J connectivity index is 2.37. The molecule has 2 rings (SSSR count). The highest BCUT2D eigenvalue weighted by Crippen LogP contribution is 2.41. The maximum Gasteiger partial charge on any atom is 0.164 e. The van der Waals surface area contributed by atoms with Crippen LogP contribution in [0.4, 0.5) is 0 Å². The van der Waals surface area contributed by atoms with Crippen LogP contribution in [0, 0.1) is 5.41 Å². The van der Waals surface area contributed by atoms with Gasteiger partial charge in [0.25, 0.3) is 0 Å². The van der Waals surface area contributed by atoms with Crippen molar-refractivity contribution >= 4 is 23.2 Å². The molecule has 0 saturated carbocycles. The van der Waals surface area contributed by atoms with Crippen molar-refractivity contribution in [1.82, 2.24) is 5.32 Å². The lowest BCUT2D eigenvalue weighted by molar-refractivity contribution is 0.287. The number of para-hydroxylation sites is 1. The highest BCUT2D eigenvalue weighted by Gasteiger charge is 2.26. The van der Waals surface area contributed by atoms with Gasteiger partial charge >= 0.3 is 0 Å². The van der Waals surface area contributed by atoms with Crippen molar-refractivity contribution in [3.05, 3.63) is 58.1 Å². The number of benzene rings is 2. The maximum atomic E-state index is 6.40. The molecule has 2 aromatic rings. The van der Waals surface area contributed by atoms with Gasteiger partial charge in [-0.15, -0.1) is 0 Å². The van der Waals surface area contributed by atoms with Crippen LogP contribution in [0.1, 0.15) is 32.4 Å². The van der Waals surface area contributed by atoms with E-state index in [9.17, 15) is 0 Å². The minimum Gasteiger partial charge on any atom is -0.454 e. The van der Waals surface area contributed by atoms with Crippen LogP contribution in [0.2, 0.25) is 10.0 Å². The SMILES string of the molecule is CNC(c1cc(Cl)c(Oc2ccccc2)c(Cl)c1)C(C)(C)C. The van der Waals surface area contributed by atoms with E-state index in [4.69, 9.17) is 27.9 Å². The molecule has 0 bridgehead atoms. The molecule has 0 aliphatic heterocycles. The van der Waals surface area contributed by atoms with Crippen LogP contribution < -0.4 is 10.1 Å². The Morgan fingerprint density at radius 2 is 1.55 bits per heavy atom. The second kappa shape index (κ2) is 6.91. The van der Waals surface area contributed by atoms with Crippen LogP contribution in [0.3, 0.4) is 0 Å². The molecule has 0 radical (unpaired) electrons. The lowest BCUT2D eigenvalue weighted by Gasteiger charge is -2.31.